The summed E-state index contributed by atoms with van der Waals surface area (Å²) in [7, 11) is 2.86. The van der Waals surface area contributed by atoms with E-state index in [1.807, 2.05) is 0 Å². The van der Waals surface area contributed by atoms with E-state index in [1.54, 1.807) is 0 Å². The van der Waals surface area contributed by atoms with Crippen molar-refractivity contribution in [2.45, 2.75) is 57.8 Å². The molecular formula is C13H28O4. The molecule has 4 heteroatoms. The smallest absolute Gasteiger partial charge is 0.279 e. The third-order valence-corrected chi connectivity index (χ3v) is 2.81. The van der Waals surface area contributed by atoms with E-state index in [9.17, 15) is 5.11 Å². The van der Waals surface area contributed by atoms with Gasteiger partial charge in [0.1, 0.15) is 0 Å². The Morgan fingerprint density at radius 2 is 1.47 bits per heavy atom. The van der Waals surface area contributed by atoms with Crippen molar-refractivity contribution in [2.75, 3.05) is 27.4 Å². The van der Waals surface area contributed by atoms with Gasteiger partial charge in [0.05, 0.1) is 0 Å². The van der Waals surface area contributed by atoms with Crippen LogP contribution in [0.15, 0.2) is 0 Å². The Balaban J connectivity index is 3.23. The van der Waals surface area contributed by atoms with Crippen LogP contribution in [0, 0.1) is 0 Å². The molecule has 104 valence electrons. The molecule has 0 saturated carbocycles. The van der Waals surface area contributed by atoms with Gasteiger partial charge in [-0.1, -0.05) is 32.6 Å². The van der Waals surface area contributed by atoms with Crippen molar-refractivity contribution in [1.82, 2.24) is 0 Å². The maximum absolute atomic E-state index is 9.63. The fraction of sp³-hybridized carbons (Fsp3) is 1.00. The highest BCUT2D eigenvalue weighted by atomic mass is 16.8. The van der Waals surface area contributed by atoms with Crippen LogP contribution >= 0.6 is 0 Å². The van der Waals surface area contributed by atoms with Gasteiger partial charge in [-0.25, -0.2) is 0 Å². The number of hydrogen-bond donors (Lipinski definition) is 1. The van der Waals surface area contributed by atoms with E-state index in [1.165, 1.54) is 39.9 Å². The quantitative estimate of drug-likeness (QED) is 0.426. The van der Waals surface area contributed by atoms with Crippen LogP contribution < -0.4 is 0 Å². The summed E-state index contributed by atoms with van der Waals surface area (Å²) < 4.78 is 15.1. The molecule has 0 aromatic carbocycles. The first-order valence-corrected chi connectivity index (χ1v) is 6.59. The number of ether oxygens (including phenoxy) is 3. The molecule has 0 saturated heterocycles. The highest BCUT2D eigenvalue weighted by Gasteiger charge is 2.24. The third kappa shape index (κ3) is 9.53. The molecule has 0 rings (SSSR count). The number of aliphatic hydroxyl groups is 1. The van der Waals surface area contributed by atoms with Crippen molar-refractivity contribution in [3.63, 3.8) is 0 Å². The van der Waals surface area contributed by atoms with Gasteiger partial charge in [-0.05, 0) is 12.8 Å². The predicted molar refractivity (Wildman–Crippen MR) is 67.8 cm³/mol. The molecule has 0 atom stereocenters. The van der Waals surface area contributed by atoms with Gasteiger partial charge in [0, 0.05) is 33.9 Å². The highest BCUT2D eigenvalue weighted by Crippen LogP contribution is 2.14. The molecule has 0 heterocycles. The molecule has 0 unspecified atom stereocenters. The van der Waals surface area contributed by atoms with E-state index in [2.05, 4.69) is 6.92 Å². The second kappa shape index (κ2) is 11.0. The van der Waals surface area contributed by atoms with Crippen LogP contribution in [0.3, 0.4) is 0 Å². The molecule has 0 fully saturated rings. The zero-order valence-corrected chi connectivity index (χ0v) is 11.5. The van der Waals surface area contributed by atoms with Crippen LogP contribution in [0.1, 0.15) is 51.9 Å². The van der Waals surface area contributed by atoms with E-state index >= 15 is 0 Å². The van der Waals surface area contributed by atoms with Gasteiger partial charge in [-0.2, -0.15) is 0 Å². The van der Waals surface area contributed by atoms with Crippen molar-refractivity contribution in [3.05, 3.63) is 0 Å². The first-order valence-electron chi connectivity index (χ1n) is 6.59. The second-order valence-electron chi connectivity index (χ2n) is 4.25. The monoisotopic (exact) mass is 248 g/mol. The van der Waals surface area contributed by atoms with Crippen molar-refractivity contribution in [3.8, 4) is 0 Å². The van der Waals surface area contributed by atoms with Crippen LogP contribution in [0.2, 0.25) is 0 Å². The number of unbranched alkanes of at least 4 members (excludes halogenated alkanes) is 4. The summed E-state index contributed by atoms with van der Waals surface area (Å²) in [6, 6.07) is 0. The van der Waals surface area contributed by atoms with Gasteiger partial charge in [0.25, 0.3) is 5.97 Å². The normalized spacial score (nSPS) is 12.0. The molecule has 0 aromatic heterocycles. The molecule has 1 N–H and O–H groups in total. The summed E-state index contributed by atoms with van der Waals surface area (Å²) in [6.45, 7) is 3.66. The lowest BCUT2D eigenvalue weighted by molar-refractivity contribution is -0.343. The summed E-state index contributed by atoms with van der Waals surface area (Å²) in [5, 5.41) is 9.63. The van der Waals surface area contributed by atoms with Crippen molar-refractivity contribution < 1.29 is 19.3 Å². The van der Waals surface area contributed by atoms with Crippen molar-refractivity contribution >= 4 is 0 Å². The lowest BCUT2D eigenvalue weighted by Crippen LogP contribution is -2.33. The zero-order chi connectivity index (χ0) is 13.0. The Morgan fingerprint density at radius 1 is 0.882 bits per heavy atom. The van der Waals surface area contributed by atoms with Gasteiger partial charge in [0.15, 0.2) is 0 Å². The lowest BCUT2D eigenvalue weighted by atomic mass is 10.2. The molecule has 0 aliphatic carbocycles. The number of hydrogen-bond acceptors (Lipinski definition) is 4. The van der Waals surface area contributed by atoms with Crippen LogP contribution in [-0.4, -0.2) is 38.5 Å². The molecule has 4 nitrogen and oxygen atoms in total. The summed E-state index contributed by atoms with van der Waals surface area (Å²) in [6.07, 6.45) is 7.41. The van der Waals surface area contributed by atoms with E-state index in [-0.39, 0.29) is 0 Å². The molecule has 0 amide bonds. The van der Waals surface area contributed by atoms with Gasteiger partial charge < -0.3 is 19.3 Å². The average molecular weight is 248 g/mol. The van der Waals surface area contributed by atoms with Gasteiger partial charge >= 0.3 is 0 Å². The summed E-state index contributed by atoms with van der Waals surface area (Å²) in [4.78, 5) is 0. The molecule has 0 bridgehead atoms. The summed E-state index contributed by atoms with van der Waals surface area (Å²) >= 11 is 0. The SMILES string of the molecule is CCCCCCCOCCCC(O)(OC)OC. The average Bonchev–Trinajstić information content (AvgIpc) is 2.36. The van der Waals surface area contributed by atoms with E-state index in [0.717, 1.165) is 19.4 Å². The maximum atomic E-state index is 9.63. The summed E-state index contributed by atoms with van der Waals surface area (Å²) in [5.74, 6) is -1.45. The van der Waals surface area contributed by atoms with E-state index in [0.29, 0.717) is 13.0 Å². The Labute approximate surface area is 105 Å². The van der Waals surface area contributed by atoms with E-state index < -0.39 is 5.97 Å². The lowest BCUT2D eigenvalue weighted by Gasteiger charge is -2.23. The zero-order valence-electron chi connectivity index (χ0n) is 11.5. The molecule has 0 aromatic rings. The minimum Gasteiger partial charge on any atom is -0.381 e. The van der Waals surface area contributed by atoms with Crippen LogP contribution in [-0.2, 0) is 14.2 Å². The topological polar surface area (TPSA) is 47.9 Å². The van der Waals surface area contributed by atoms with E-state index in [4.69, 9.17) is 14.2 Å². The van der Waals surface area contributed by atoms with Gasteiger partial charge in [-0.15, -0.1) is 0 Å². The Kier molecular flexibility index (Phi) is 10.9. The fourth-order valence-electron chi connectivity index (χ4n) is 1.59. The molecule has 0 radical (unpaired) electrons. The molecular weight excluding hydrogens is 220 g/mol. The predicted octanol–water partition coefficient (Wildman–Crippen LogP) is 2.69. The van der Waals surface area contributed by atoms with Crippen molar-refractivity contribution in [2.24, 2.45) is 0 Å². The largest absolute Gasteiger partial charge is 0.381 e. The van der Waals surface area contributed by atoms with Gasteiger partial charge in [0.2, 0.25) is 0 Å². The summed E-state index contributed by atoms with van der Waals surface area (Å²) in [5.41, 5.74) is 0. The maximum Gasteiger partial charge on any atom is 0.279 e. The van der Waals surface area contributed by atoms with Crippen LogP contribution in [0.25, 0.3) is 0 Å². The third-order valence-electron chi connectivity index (χ3n) is 2.81. The molecule has 0 aliphatic rings. The first kappa shape index (κ1) is 16.8. The molecule has 0 aliphatic heterocycles. The standard InChI is InChI=1S/C13H28O4/c1-4-5-6-7-8-11-17-12-9-10-13(14,15-2)16-3/h14H,4-12H2,1-3H3. The second-order valence-corrected chi connectivity index (χ2v) is 4.25. The minimum absolute atomic E-state index is 0.426. The fourth-order valence-corrected chi connectivity index (χ4v) is 1.59. The number of rotatable bonds is 12. The molecule has 17 heavy (non-hydrogen) atoms. The number of methoxy groups -OCH3 is 2. The molecule has 0 spiro atoms. The Hall–Kier alpha value is -0.160. The van der Waals surface area contributed by atoms with Crippen molar-refractivity contribution in [1.29, 1.82) is 0 Å². The Bertz CT molecular complexity index is 157. The van der Waals surface area contributed by atoms with Crippen LogP contribution in [0.4, 0.5) is 0 Å². The Morgan fingerprint density at radius 3 is 2.06 bits per heavy atom. The van der Waals surface area contributed by atoms with Crippen LogP contribution in [0.5, 0.6) is 0 Å². The first-order chi connectivity index (χ1) is 8.18. The minimum atomic E-state index is -1.45. The highest BCUT2D eigenvalue weighted by molar-refractivity contribution is 4.52. The van der Waals surface area contributed by atoms with Gasteiger partial charge in [-0.3, -0.25) is 0 Å².